The van der Waals surface area contributed by atoms with Crippen LogP contribution in [0.15, 0.2) is 5.51 Å². The van der Waals surface area contributed by atoms with Crippen molar-refractivity contribution in [3.8, 4) is 0 Å². The predicted molar refractivity (Wildman–Crippen MR) is 89.3 cm³/mol. The monoisotopic (exact) mass is 341 g/mol. The van der Waals surface area contributed by atoms with Gasteiger partial charge >= 0.3 is 5.97 Å². The number of hydrogen-bond donors (Lipinski definition) is 0. The molecule has 0 aromatic carbocycles. The highest BCUT2D eigenvalue weighted by Gasteiger charge is 2.51. The number of carbonyl (C=O) groups excluding carboxylic acids is 1. The number of thiazole rings is 1. The van der Waals surface area contributed by atoms with Gasteiger partial charge in [0.25, 0.3) is 0 Å². The predicted octanol–water partition coefficient (Wildman–Crippen LogP) is 4.03. The van der Waals surface area contributed by atoms with Gasteiger partial charge in [-0.05, 0) is 62.7 Å². The van der Waals surface area contributed by atoms with Crippen molar-refractivity contribution in [1.29, 1.82) is 0 Å². The summed E-state index contributed by atoms with van der Waals surface area (Å²) in [5, 5.41) is 0. The molecule has 0 unspecified atom stereocenters. The lowest BCUT2D eigenvalue weighted by Gasteiger charge is -2.53. The molecule has 0 N–H and O–H groups in total. The van der Waals surface area contributed by atoms with Gasteiger partial charge in [0, 0.05) is 11.3 Å². The maximum atomic E-state index is 12.5. The van der Waals surface area contributed by atoms with Crippen molar-refractivity contribution in [2.45, 2.75) is 45.4 Å². The van der Waals surface area contributed by atoms with Crippen LogP contribution in [-0.2, 0) is 16.0 Å². The molecule has 5 heteroatoms. The fourth-order valence-electron chi connectivity index (χ4n) is 5.22. The normalized spacial score (nSPS) is 35.2. The van der Waals surface area contributed by atoms with E-state index < -0.39 is 0 Å². The molecule has 1 heterocycles. The van der Waals surface area contributed by atoms with E-state index in [0.717, 1.165) is 24.0 Å². The Morgan fingerprint density at radius 2 is 1.86 bits per heavy atom. The van der Waals surface area contributed by atoms with Crippen LogP contribution in [0.5, 0.6) is 0 Å². The minimum absolute atomic E-state index is 0. The van der Waals surface area contributed by atoms with E-state index in [9.17, 15) is 4.79 Å². The van der Waals surface area contributed by atoms with Gasteiger partial charge in [-0.25, -0.2) is 4.98 Å². The molecule has 4 saturated carbocycles. The fourth-order valence-corrected chi connectivity index (χ4v) is 5.98. The highest BCUT2D eigenvalue weighted by molar-refractivity contribution is 7.09. The van der Waals surface area contributed by atoms with Gasteiger partial charge in [0.05, 0.1) is 23.7 Å². The van der Waals surface area contributed by atoms with Crippen LogP contribution in [-0.4, -0.2) is 17.6 Å². The lowest BCUT2D eigenvalue weighted by Crippen LogP contribution is -2.48. The van der Waals surface area contributed by atoms with E-state index in [2.05, 4.69) is 4.98 Å². The molecule has 0 aliphatic heterocycles. The molecule has 0 amide bonds. The Balaban J connectivity index is 0.00000144. The van der Waals surface area contributed by atoms with Gasteiger partial charge in [-0.15, -0.1) is 23.7 Å². The number of halogens is 1. The van der Waals surface area contributed by atoms with Crippen molar-refractivity contribution in [2.24, 2.45) is 29.6 Å². The van der Waals surface area contributed by atoms with Crippen LogP contribution in [0.2, 0.25) is 0 Å². The zero-order chi connectivity index (χ0) is 14.4. The number of esters is 1. The molecule has 0 atom stereocenters. The second-order valence-electron chi connectivity index (χ2n) is 7.23. The Hall–Kier alpha value is -0.610. The van der Waals surface area contributed by atoms with Crippen LogP contribution in [0.3, 0.4) is 0 Å². The quantitative estimate of drug-likeness (QED) is 0.776. The summed E-state index contributed by atoms with van der Waals surface area (Å²) in [4.78, 5) is 18.0. The van der Waals surface area contributed by atoms with E-state index in [1.165, 1.54) is 37.0 Å². The Morgan fingerprint density at radius 1 is 1.23 bits per heavy atom. The highest BCUT2D eigenvalue weighted by atomic mass is 35.5. The molecule has 0 radical (unpaired) electrons. The first-order chi connectivity index (χ1) is 10.2. The molecule has 4 fully saturated rings. The molecule has 3 nitrogen and oxygen atoms in total. The summed E-state index contributed by atoms with van der Waals surface area (Å²) in [7, 11) is 0. The first kappa shape index (κ1) is 16.3. The largest absolute Gasteiger partial charge is 0.465 e. The molecule has 0 saturated heterocycles. The average molecular weight is 342 g/mol. The van der Waals surface area contributed by atoms with Gasteiger partial charge in [0.15, 0.2) is 0 Å². The zero-order valence-corrected chi connectivity index (χ0v) is 14.6. The summed E-state index contributed by atoms with van der Waals surface area (Å²) >= 11 is 1.66. The molecule has 4 aliphatic rings. The Kier molecular flexibility index (Phi) is 4.79. The summed E-state index contributed by atoms with van der Waals surface area (Å²) in [6, 6.07) is 0. The van der Waals surface area contributed by atoms with Gasteiger partial charge in [0.2, 0.25) is 0 Å². The molecular weight excluding hydrogens is 318 g/mol. The topological polar surface area (TPSA) is 39.2 Å². The number of carbonyl (C=O) groups is 1. The van der Waals surface area contributed by atoms with Crippen molar-refractivity contribution < 1.29 is 9.53 Å². The van der Waals surface area contributed by atoms with Gasteiger partial charge in [-0.1, -0.05) is 0 Å². The summed E-state index contributed by atoms with van der Waals surface area (Å²) in [5.41, 5.74) is 2.94. The van der Waals surface area contributed by atoms with Gasteiger partial charge in [-0.3, -0.25) is 4.79 Å². The number of rotatable bonds is 4. The summed E-state index contributed by atoms with van der Waals surface area (Å²) < 4.78 is 5.64. The van der Waals surface area contributed by atoms with Crippen molar-refractivity contribution in [2.75, 3.05) is 6.61 Å². The van der Waals surface area contributed by atoms with E-state index in [-0.39, 0.29) is 24.3 Å². The standard InChI is InChI=1S/C17H23NO2S.ClH/c1-10-15(21-9-18-10)2-3-20-17(19)16-13-5-11-4-12(7-13)8-14(16)6-11;/h9,11-14,16H,2-8H2,1H3;1H. The second-order valence-corrected chi connectivity index (χ2v) is 8.17. The van der Waals surface area contributed by atoms with Crippen molar-refractivity contribution >= 4 is 29.7 Å². The van der Waals surface area contributed by atoms with Crippen LogP contribution in [0.1, 0.15) is 42.7 Å². The third-order valence-corrected chi connectivity index (χ3v) is 6.91. The van der Waals surface area contributed by atoms with Crippen molar-refractivity contribution in [1.82, 2.24) is 4.98 Å². The molecule has 5 rings (SSSR count). The molecule has 0 spiro atoms. The highest BCUT2D eigenvalue weighted by Crippen LogP contribution is 2.56. The number of nitrogens with zero attached hydrogens (tertiary/aromatic N) is 1. The number of aromatic nitrogens is 1. The second kappa shape index (κ2) is 6.48. The first-order valence-corrected chi connectivity index (χ1v) is 9.14. The van der Waals surface area contributed by atoms with E-state index in [1.54, 1.807) is 11.3 Å². The van der Waals surface area contributed by atoms with E-state index >= 15 is 0 Å². The van der Waals surface area contributed by atoms with E-state index in [1.807, 2.05) is 12.4 Å². The van der Waals surface area contributed by atoms with Crippen LogP contribution >= 0.6 is 23.7 Å². The first-order valence-electron chi connectivity index (χ1n) is 8.26. The third-order valence-electron chi connectivity index (χ3n) is 5.92. The van der Waals surface area contributed by atoms with Gasteiger partial charge in [0.1, 0.15) is 0 Å². The molecule has 1 aromatic rings. The molecule has 4 aliphatic carbocycles. The van der Waals surface area contributed by atoms with Crippen LogP contribution < -0.4 is 0 Å². The van der Waals surface area contributed by atoms with Gasteiger partial charge < -0.3 is 4.74 Å². The maximum absolute atomic E-state index is 12.5. The molecule has 122 valence electrons. The van der Waals surface area contributed by atoms with E-state index in [4.69, 9.17) is 4.74 Å². The van der Waals surface area contributed by atoms with Crippen molar-refractivity contribution in [3.63, 3.8) is 0 Å². The van der Waals surface area contributed by atoms with Gasteiger partial charge in [-0.2, -0.15) is 0 Å². The fraction of sp³-hybridized carbons (Fsp3) is 0.765. The Bertz CT molecular complexity index is 517. The summed E-state index contributed by atoms with van der Waals surface area (Å²) in [5.74, 6) is 3.37. The van der Waals surface area contributed by atoms with Crippen LogP contribution in [0.25, 0.3) is 0 Å². The smallest absolute Gasteiger partial charge is 0.309 e. The number of aryl methyl sites for hydroxylation is 1. The summed E-state index contributed by atoms with van der Waals surface area (Å²) in [6.45, 7) is 2.54. The Morgan fingerprint density at radius 3 is 2.41 bits per heavy atom. The van der Waals surface area contributed by atoms with E-state index in [0.29, 0.717) is 18.4 Å². The van der Waals surface area contributed by atoms with Crippen LogP contribution in [0.4, 0.5) is 0 Å². The zero-order valence-electron chi connectivity index (χ0n) is 13.0. The van der Waals surface area contributed by atoms with Crippen LogP contribution in [0, 0.1) is 36.5 Å². The lowest BCUT2D eigenvalue weighted by molar-refractivity contribution is -0.162. The summed E-state index contributed by atoms with van der Waals surface area (Å²) in [6.07, 6.45) is 7.36. The minimum atomic E-state index is 0. The minimum Gasteiger partial charge on any atom is -0.465 e. The molecular formula is C17H24ClNO2S. The number of hydrogen-bond acceptors (Lipinski definition) is 4. The lowest BCUT2D eigenvalue weighted by atomic mass is 9.52. The average Bonchev–Trinajstić information content (AvgIpc) is 2.83. The third kappa shape index (κ3) is 2.92. The number of ether oxygens (including phenoxy) is 1. The molecule has 22 heavy (non-hydrogen) atoms. The Labute approximate surface area is 142 Å². The maximum Gasteiger partial charge on any atom is 0.309 e. The van der Waals surface area contributed by atoms with Crippen molar-refractivity contribution in [3.05, 3.63) is 16.1 Å². The SMILES string of the molecule is Cc1ncsc1CCOC(=O)C1C2CC3CC(C2)CC1C3.Cl. The molecule has 4 bridgehead atoms. The molecule has 1 aromatic heterocycles.